The normalized spacial score (nSPS) is 13.4. The predicted octanol–water partition coefficient (Wildman–Crippen LogP) is 2.37. The average Bonchev–Trinajstić information content (AvgIpc) is 3.16. The van der Waals surface area contributed by atoms with Gasteiger partial charge in [-0.15, -0.1) is 0 Å². The molecule has 0 saturated carbocycles. The van der Waals surface area contributed by atoms with E-state index in [0.717, 1.165) is 42.2 Å². The summed E-state index contributed by atoms with van der Waals surface area (Å²) in [7, 11) is 1.66. The van der Waals surface area contributed by atoms with Crippen molar-refractivity contribution in [3.05, 3.63) is 41.9 Å². The Morgan fingerprint density at radius 1 is 1.19 bits per heavy atom. The molecule has 0 aliphatic heterocycles. The molecule has 0 saturated heterocycles. The highest BCUT2D eigenvalue weighted by atomic mass is 16.5. The highest BCUT2D eigenvalue weighted by Crippen LogP contribution is 2.30. The summed E-state index contributed by atoms with van der Waals surface area (Å²) < 4.78 is 6.96. The van der Waals surface area contributed by atoms with E-state index in [-0.39, 0.29) is 0 Å². The van der Waals surface area contributed by atoms with E-state index in [1.165, 1.54) is 11.9 Å². The molecule has 2 aromatic heterocycles. The standard InChI is InChI=1S/C15H15N5O/c1-21-11-7-5-10(6-8-11)18-14-12-3-2-4-13(12)19-15-16-9-17-20(14)15/h5-9,18H,2-4H2,1H3. The van der Waals surface area contributed by atoms with Gasteiger partial charge in [0.1, 0.15) is 17.9 Å². The highest BCUT2D eigenvalue weighted by molar-refractivity contribution is 5.64. The van der Waals surface area contributed by atoms with Crippen LogP contribution in [0, 0.1) is 0 Å². The lowest BCUT2D eigenvalue weighted by molar-refractivity contribution is 0.415. The van der Waals surface area contributed by atoms with Crippen LogP contribution in [-0.4, -0.2) is 26.7 Å². The minimum atomic E-state index is 0.645. The first-order valence-electron chi connectivity index (χ1n) is 6.98. The van der Waals surface area contributed by atoms with E-state index >= 15 is 0 Å². The van der Waals surface area contributed by atoms with Gasteiger partial charge in [-0.3, -0.25) is 0 Å². The van der Waals surface area contributed by atoms with Crippen molar-refractivity contribution < 1.29 is 4.74 Å². The Morgan fingerprint density at radius 3 is 2.86 bits per heavy atom. The van der Waals surface area contributed by atoms with Gasteiger partial charge in [0.05, 0.1) is 12.8 Å². The topological polar surface area (TPSA) is 64.3 Å². The molecule has 2 heterocycles. The molecule has 1 aliphatic rings. The summed E-state index contributed by atoms with van der Waals surface area (Å²) in [5.74, 6) is 2.45. The van der Waals surface area contributed by atoms with E-state index in [1.807, 2.05) is 24.3 Å². The van der Waals surface area contributed by atoms with Crippen LogP contribution in [0.4, 0.5) is 11.5 Å². The van der Waals surface area contributed by atoms with Crippen LogP contribution in [0.25, 0.3) is 5.78 Å². The molecule has 0 unspecified atom stereocenters. The number of hydrogen-bond acceptors (Lipinski definition) is 5. The van der Waals surface area contributed by atoms with Gasteiger partial charge in [-0.25, -0.2) is 4.98 Å². The molecule has 3 aromatic rings. The van der Waals surface area contributed by atoms with Crippen LogP contribution < -0.4 is 10.1 Å². The molecule has 0 fully saturated rings. The highest BCUT2D eigenvalue weighted by Gasteiger charge is 2.21. The van der Waals surface area contributed by atoms with Crippen molar-refractivity contribution in [1.82, 2.24) is 19.6 Å². The number of benzene rings is 1. The SMILES string of the molecule is COc1ccc(Nc2c3c(nc4ncnn24)CCC3)cc1. The van der Waals surface area contributed by atoms with Gasteiger partial charge >= 0.3 is 0 Å². The summed E-state index contributed by atoms with van der Waals surface area (Å²) in [6.07, 6.45) is 4.70. The Kier molecular flexibility index (Phi) is 2.73. The number of anilines is 2. The van der Waals surface area contributed by atoms with E-state index in [9.17, 15) is 0 Å². The summed E-state index contributed by atoms with van der Waals surface area (Å²) in [5, 5.41) is 7.73. The molecule has 6 nitrogen and oxygen atoms in total. The third-order valence-corrected chi connectivity index (χ3v) is 3.80. The minimum Gasteiger partial charge on any atom is -0.497 e. The maximum Gasteiger partial charge on any atom is 0.254 e. The molecular formula is C15H15N5O. The van der Waals surface area contributed by atoms with Gasteiger partial charge < -0.3 is 10.1 Å². The minimum absolute atomic E-state index is 0.645. The maximum atomic E-state index is 5.19. The van der Waals surface area contributed by atoms with Crippen molar-refractivity contribution in [1.29, 1.82) is 0 Å². The van der Waals surface area contributed by atoms with Crippen molar-refractivity contribution >= 4 is 17.3 Å². The molecule has 6 heteroatoms. The van der Waals surface area contributed by atoms with Gasteiger partial charge in [0, 0.05) is 11.3 Å². The number of rotatable bonds is 3. The van der Waals surface area contributed by atoms with Gasteiger partial charge in [0.2, 0.25) is 0 Å². The smallest absolute Gasteiger partial charge is 0.254 e. The zero-order chi connectivity index (χ0) is 14.2. The second-order valence-electron chi connectivity index (χ2n) is 5.06. The van der Waals surface area contributed by atoms with E-state index in [0.29, 0.717) is 5.78 Å². The monoisotopic (exact) mass is 281 g/mol. The quantitative estimate of drug-likeness (QED) is 0.798. The van der Waals surface area contributed by atoms with Gasteiger partial charge in [-0.2, -0.15) is 14.6 Å². The van der Waals surface area contributed by atoms with Crippen LogP contribution in [0.5, 0.6) is 5.75 Å². The van der Waals surface area contributed by atoms with Crippen molar-refractivity contribution in [2.75, 3.05) is 12.4 Å². The van der Waals surface area contributed by atoms with Gasteiger partial charge in [-0.1, -0.05) is 0 Å². The lowest BCUT2D eigenvalue weighted by atomic mass is 10.2. The molecule has 1 aromatic carbocycles. The molecule has 0 bridgehead atoms. The zero-order valence-electron chi connectivity index (χ0n) is 11.7. The first kappa shape index (κ1) is 12.1. The van der Waals surface area contributed by atoms with E-state index < -0.39 is 0 Å². The van der Waals surface area contributed by atoms with Crippen LogP contribution in [-0.2, 0) is 12.8 Å². The lowest BCUT2D eigenvalue weighted by Gasteiger charge is -2.12. The fraction of sp³-hybridized carbons (Fsp3) is 0.267. The second kappa shape index (κ2) is 4.73. The Hall–Kier alpha value is -2.63. The second-order valence-corrected chi connectivity index (χ2v) is 5.06. The van der Waals surface area contributed by atoms with Gasteiger partial charge in [0.15, 0.2) is 0 Å². The zero-order valence-corrected chi connectivity index (χ0v) is 11.7. The molecule has 0 amide bonds. The first-order valence-corrected chi connectivity index (χ1v) is 6.98. The summed E-state index contributed by atoms with van der Waals surface area (Å²) in [5.41, 5.74) is 3.36. The number of hydrogen-bond donors (Lipinski definition) is 1. The summed E-state index contributed by atoms with van der Waals surface area (Å²) in [6, 6.07) is 7.84. The van der Waals surface area contributed by atoms with E-state index in [2.05, 4.69) is 20.4 Å². The average molecular weight is 281 g/mol. The van der Waals surface area contributed by atoms with Crippen molar-refractivity contribution in [3.63, 3.8) is 0 Å². The predicted molar refractivity (Wildman–Crippen MR) is 79.1 cm³/mol. The van der Waals surface area contributed by atoms with Crippen LogP contribution in [0.3, 0.4) is 0 Å². The van der Waals surface area contributed by atoms with Crippen molar-refractivity contribution in [3.8, 4) is 5.75 Å². The lowest BCUT2D eigenvalue weighted by Crippen LogP contribution is -2.06. The van der Waals surface area contributed by atoms with E-state index in [1.54, 1.807) is 11.6 Å². The third-order valence-electron chi connectivity index (χ3n) is 3.80. The fourth-order valence-corrected chi connectivity index (χ4v) is 2.76. The van der Waals surface area contributed by atoms with Gasteiger partial charge in [-0.05, 0) is 43.5 Å². The van der Waals surface area contributed by atoms with Crippen LogP contribution in [0.15, 0.2) is 30.6 Å². The van der Waals surface area contributed by atoms with Crippen molar-refractivity contribution in [2.24, 2.45) is 0 Å². The number of ether oxygens (including phenoxy) is 1. The van der Waals surface area contributed by atoms with Crippen LogP contribution >= 0.6 is 0 Å². The summed E-state index contributed by atoms with van der Waals surface area (Å²) in [6.45, 7) is 0. The third kappa shape index (κ3) is 1.99. The number of nitrogens with one attached hydrogen (secondary N) is 1. The number of aromatic nitrogens is 4. The Balaban J connectivity index is 1.79. The summed E-state index contributed by atoms with van der Waals surface area (Å²) >= 11 is 0. The Labute approximate surface area is 121 Å². The van der Waals surface area contributed by atoms with Crippen LogP contribution in [0.2, 0.25) is 0 Å². The maximum absolute atomic E-state index is 5.19. The molecule has 1 N–H and O–H groups in total. The Morgan fingerprint density at radius 2 is 2.05 bits per heavy atom. The fourth-order valence-electron chi connectivity index (χ4n) is 2.76. The van der Waals surface area contributed by atoms with Crippen LogP contribution in [0.1, 0.15) is 17.7 Å². The summed E-state index contributed by atoms with van der Waals surface area (Å²) in [4.78, 5) is 8.78. The molecule has 106 valence electrons. The molecule has 1 aliphatic carbocycles. The number of nitrogens with zero attached hydrogens (tertiary/aromatic N) is 4. The number of fused-ring (bicyclic) bond motifs is 2. The molecule has 21 heavy (non-hydrogen) atoms. The number of methoxy groups -OCH3 is 1. The van der Waals surface area contributed by atoms with Gasteiger partial charge in [0.25, 0.3) is 5.78 Å². The molecular weight excluding hydrogens is 266 g/mol. The largest absolute Gasteiger partial charge is 0.497 e. The van der Waals surface area contributed by atoms with Crippen molar-refractivity contribution in [2.45, 2.75) is 19.3 Å². The Bertz CT molecular complexity index is 794. The molecule has 0 radical (unpaired) electrons. The molecule has 4 rings (SSSR count). The number of aryl methyl sites for hydroxylation is 1. The molecule has 0 atom stereocenters. The first-order chi connectivity index (χ1) is 10.3. The van der Waals surface area contributed by atoms with E-state index in [4.69, 9.17) is 4.74 Å². The molecule has 0 spiro atoms.